The lowest BCUT2D eigenvalue weighted by Gasteiger charge is -2.05. The predicted octanol–water partition coefficient (Wildman–Crippen LogP) is 3.80. The van der Waals surface area contributed by atoms with E-state index in [9.17, 15) is 0 Å². The molecule has 0 unspecified atom stereocenters. The highest BCUT2D eigenvalue weighted by Gasteiger charge is 2.11. The van der Waals surface area contributed by atoms with E-state index in [0.717, 1.165) is 27.0 Å². The van der Waals surface area contributed by atoms with Crippen molar-refractivity contribution in [1.29, 1.82) is 0 Å². The molecule has 3 aromatic rings. The van der Waals surface area contributed by atoms with Crippen molar-refractivity contribution >= 4 is 28.7 Å². The van der Waals surface area contributed by atoms with E-state index >= 15 is 0 Å². The van der Waals surface area contributed by atoms with E-state index in [1.165, 1.54) is 11.9 Å². The highest BCUT2D eigenvalue weighted by atomic mass is 32.2. The lowest BCUT2D eigenvalue weighted by atomic mass is 10.1. The molecule has 2 heterocycles. The molecule has 0 radical (unpaired) electrons. The first kappa shape index (κ1) is 13.9. The number of aromatic nitrogens is 2. The largest absolute Gasteiger partial charge is 0.380 e. The molecule has 2 aromatic heterocycles. The molecule has 0 aliphatic rings. The number of ether oxygens (including phenoxy) is 1. The minimum Gasteiger partial charge on any atom is -0.380 e. The van der Waals surface area contributed by atoms with Crippen molar-refractivity contribution < 1.29 is 9.26 Å². The second-order valence-electron chi connectivity index (χ2n) is 4.63. The van der Waals surface area contributed by atoms with Gasteiger partial charge in [-0.3, -0.25) is 4.98 Å². The molecule has 108 valence electrons. The third kappa shape index (κ3) is 3.01. The summed E-state index contributed by atoms with van der Waals surface area (Å²) in [4.78, 5) is 5.09. The molecule has 5 nitrogen and oxygen atoms in total. The summed E-state index contributed by atoms with van der Waals surface area (Å²) in [5.74, 6) is 0.714. The summed E-state index contributed by atoms with van der Waals surface area (Å²) in [5.41, 5.74) is 3.01. The molecule has 1 aromatic carbocycles. The lowest BCUT2D eigenvalue weighted by molar-refractivity contribution is 0.184. The minimum atomic E-state index is 0.565. The van der Waals surface area contributed by atoms with E-state index in [1.807, 2.05) is 18.2 Å². The van der Waals surface area contributed by atoms with Crippen LogP contribution in [0.2, 0.25) is 0 Å². The van der Waals surface area contributed by atoms with E-state index < -0.39 is 0 Å². The lowest BCUT2D eigenvalue weighted by Crippen LogP contribution is -1.92. The maximum atomic E-state index is 5.38. The first-order valence-electron chi connectivity index (χ1n) is 6.48. The molecular weight excluding hydrogens is 286 g/mol. The van der Waals surface area contributed by atoms with Crippen molar-refractivity contribution in [3.8, 4) is 0 Å². The average Bonchev–Trinajstić information content (AvgIpc) is 2.89. The van der Waals surface area contributed by atoms with E-state index in [-0.39, 0.29) is 0 Å². The Morgan fingerprint density at radius 3 is 3.05 bits per heavy atom. The molecule has 6 heteroatoms. The number of anilines is 1. The standard InChI is InChI=1S/C15H15N3O2S/c1-10-6-13-14(7-11(10)9-19-2)20-17-15(13)18-21-12-4-3-5-16-8-12/h3-8H,9H2,1-2H3,(H,17,18). The van der Waals surface area contributed by atoms with Gasteiger partial charge in [-0.1, -0.05) is 5.16 Å². The fourth-order valence-corrected chi connectivity index (χ4v) is 2.66. The van der Waals surface area contributed by atoms with Crippen LogP contribution in [-0.4, -0.2) is 17.3 Å². The van der Waals surface area contributed by atoms with Gasteiger partial charge in [0.1, 0.15) is 0 Å². The molecular formula is C15H15N3O2S. The highest BCUT2D eigenvalue weighted by molar-refractivity contribution is 8.00. The summed E-state index contributed by atoms with van der Waals surface area (Å²) >= 11 is 1.45. The number of rotatable bonds is 5. The summed E-state index contributed by atoms with van der Waals surface area (Å²) in [7, 11) is 1.68. The smallest absolute Gasteiger partial charge is 0.187 e. The van der Waals surface area contributed by atoms with Gasteiger partial charge in [-0.15, -0.1) is 0 Å². The first-order chi connectivity index (χ1) is 10.3. The molecule has 0 aliphatic carbocycles. The van der Waals surface area contributed by atoms with Crippen molar-refractivity contribution in [2.24, 2.45) is 0 Å². The molecule has 21 heavy (non-hydrogen) atoms. The Kier molecular flexibility index (Phi) is 4.08. The number of aryl methyl sites for hydroxylation is 1. The van der Waals surface area contributed by atoms with Gasteiger partial charge in [0.25, 0.3) is 0 Å². The van der Waals surface area contributed by atoms with Gasteiger partial charge in [-0.2, -0.15) is 0 Å². The quantitative estimate of drug-likeness (QED) is 0.723. The topological polar surface area (TPSA) is 60.2 Å². The predicted molar refractivity (Wildman–Crippen MR) is 83.2 cm³/mol. The van der Waals surface area contributed by atoms with Crippen LogP contribution in [0.1, 0.15) is 11.1 Å². The molecule has 0 saturated heterocycles. The number of pyridine rings is 1. The van der Waals surface area contributed by atoms with E-state index in [0.29, 0.717) is 12.4 Å². The van der Waals surface area contributed by atoms with Crippen LogP contribution in [0, 0.1) is 6.92 Å². The Labute approximate surface area is 126 Å². The Balaban J connectivity index is 1.85. The fourth-order valence-electron chi connectivity index (χ4n) is 2.03. The Hall–Kier alpha value is -2.05. The molecule has 0 aliphatic heterocycles. The average molecular weight is 301 g/mol. The van der Waals surface area contributed by atoms with Crippen LogP contribution in [0.3, 0.4) is 0 Å². The molecule has 1 N–H and O–H groups in total. The van der Waals surface area contributed by atoms with Gasteiger partial charge >= 0.3 is 0 Å². The Morgan fingerprint density at radius 2 is 2.29 bits per heavy atom. The van der Waals surface area contributed by atoms with E-state index in [2.05, 4.69) is 27.9 Å². The summed E-state index contributed by atoms with van der Waals surface area (Å²) in [6, 6.07) is 7.91. The molecule has 0 saturated carbocycles. The van der Waals surface area contributed by atoms with Crippen LogP contribution in [0.4, 0.5) is 5.82 Å². The summed E-state index contributed by atoms with van der Waals surface area (Å²) < 4.78 is 13.8. The van der Waals surface area contributed by atoms with Crippen molar-refractivity contribution in [2.45, 2.75) is 18.4 Å². The van der Waals surface area contributed by atoms with Crippen LogP contribution in [-0.2, 0) is 11.3 Å². The molecule has 0 bridgehead atoms. The number of methoxy groups -OCH3 is 1. The number of fused-ring (bicyclic) bond motifs is 1. The third-order valence-electron chi connectivity index (χ3n) is 3.13. The zero-order chi connectivity index (χ0) is 14.7. The maximum Gasteiger partial charge on any atom is 0.187 e. The van der Waals surface area contributed by atoms with Crippen molar-refractivity contribution in [3.63, 3.8) is 0 Å². The van der Waals surface area contributed by atoms with Crippen LogP contribution < -0.4 is 4.72 Å². The van der Waals surface area contributed by atoms with E-state index in [1.54, 1.807) is 19.5 Å². The van der Waals surface area contributed by atoms with Gasteiger partial charge < -0.3 is 14.0 Å². The minimum absolute atomic E-state index is 0.565. The second-order valence-corrected chi connectivity index (χ2v) is 5.51. The van der Waals surface area contributed by atoms with Gasteiger partial charge in [0.2, 0.25) is 0 Å². The van der Waals surface area contributed by atoms with Crippen LogP contribution in [0.25, 0.3) is 11.0 Å². The number of hydrogen-bond acceptors (Lipinski definition) is 6. The molecule has 0 amide bonds. The first-order valence-corrected chi connectivity index (χ1v) is 7.30. The van der Waals surface area contributed by atoms with Crippen LogP contribution in [0.15, 0.2) is 46.1 Å². The Morgan fingerprint density at radius 1 is 1.38 bits per heavy atom. The number of nitrogens with zero attached hydrogens (tertiary/aromatic N) is 2. The van der Waals surface area contributed by atoms with Gasteiger partial charge in [0.05, 0.1) is 12.0 Å². The number of hydrogen-bond donors (Lipinski definition) is 1. The van der Waals surface area contributed by atoms with Crippen molar-refractivity contribution in [1.82, 2.24) is 10.1 Å². The second kappa shape index (κ2) is 6.15. The Bertz CT molecular complexity index is 743. The van der Waals surface area contributed by atoms with Crippen LogP contribution in [0.5, 0.6) is 0 Å². The SMILES string of the molecule is COCc1cc2onc(NSc3cccnc3)c2cc1C. The van der Waals surface area contributed by atoms with Crippen molar-refractivity contribution in [3.05, 3.63) is 47.8 Å². The molecule has 0 atom stereocenters. The van der Waals surface area contributed by atoms with Gasteiger partial charge in [0, 0.05) is 24.4 Å². The number of benzene rings is 1. The van der Waals surface area contributed by atoms with Gasteiger partial charge in [-0.05, 0) is 54.3 Å². The monoisotopic (exact) mass is 301 g/mol. The fraction of sp³-hybridized carbons (Fsp3) is 0.200. The molecule has 0 spiro atoms. The normalized spacial score (nSPS) is 11.0. The zero-order valence-electron chi connectivity index (χ0n) is 11.8. The maximum absolute atomic E-state index is 5.38. The highest BCUT2D eigenvalue weighted by Crippen LogP contribution is 2.29. The summed E-state index contributed by atoms with van der Waals surface area (Å²) in [6.45, 7) is 2.62. The summed E-state index contributed by atoms with van der Waals surface area (Å²) in [5, 5.41) is 5.05. The van der Waals surface area contributed by atoms with E-state index in [4.69, 9.17) is 9.26 Å². The van der Waals surface area contributed by atoms with Crippen molar-refractivity contribution in [2.75, 3.05) is 11.8 Å². The molecule has 3 rings (SSSR count). The zero-order valence-corrected chi connectivity index (χ0v) is 12.6. The number of nitrogens with one attached hydrogen (secondary N) is 1. The van der Waals surface area contributed by atoms with Crippen LogP contribution >= 0.6 is 11.9 Å². The molecule has 0 fully saturated rings. The summed E-state index contributed by atoms with van der Waals surface area (Å²) in [6.07, 6.45) is 3.54. The van der Waals surface area contributed by atoms with Gasteiger partial charge in [-0.25, -0.2) is 0 Å². The van der Waals surface area contributed by atoms with Gasteiger partial charge in [0.15, 0.2) is 11.4 Å². The third-order valence-corrected chi connectivity index (χ3v) is 3.90.